The van der Waals surface area contributed by atoms with E-state index in [4.69, 9.17) is 5.73 Å². The average molecular weight is 295 g/mol. The van der Waals surface area contributed by atoms with Crippen molar-refractivity contribution in [3.63, 3.8) is 0 Å². The van der Waals surface area contributed by atoms with Gasteiger partial charge in [-0.15, -0.1) is 0 Å². The topological polar surface area (TPSA) is 29.3 Å². The van der Waals surface area contributed by atoms with Gasteiger partial charge in [-0.25, -0.2) is 0 Å². The van der Waals surface area contributed by atoms with Crippen LogP contribution in [0.1, 0.15) is 29.9 Å². The van der Waals surface area contributed by atoms with Crippen LogP contribution in [0.5, 0.6) is 0 Å². The molecule has 2 nitrogen and oxygen atoms in total. The van der Waals surface area contributed by atoms with E-state index in [1.165, 1.54) is 41.5 Å². The molecule has 1 aliphatic carbocycles. The van der Waals surface area contributed by atoms with Crippen molar-refractivity contribution in [3.8, 4) is 0 Å². The number of hydrogen-bond acceptors (Lipinski definition) is 2. The van der Waals surface area contributed by atoms with Crippen molar-refractivity contribution >= 4 is 15.9 Å². The molecule has 17 heavy (non-hydrogen) atoms. The molecule has 0 atom stereocenters. The third kappa shape index (κ3) is 2.42. The first-order valence-electron chi connectivity index (χ1n) is 6.31. The average Bonchev–Trinajstić information content (AvgIpc) is 2.92. The minimum Gasteiger partial charge on any atom is -0.325 e. The molecule has 0 bridgehead atoms. The number of halogens is 1. The molecule has 1 aliphatic heterocycles. The van der Waals surface area contributed by atoms with Crippen molar-refractivity contribution in [2.75, 3.05) is 20.1 Å². The van der Waals surface area contributed by atoms with Gasteiger partial charge in [0.05, 0.1) is 0 Å². The van der Waals surface area contributed by atoms with Gasteiger partial charge in [-0.1, -0.05) is 28.1 Å². The molecule has 0 amide bonds. The maximum atomic E-state index is 6.16. The van der Waals surface area contributed by atoms with Crippen LogP contribution >= 0.6 is 15.9 Å². The summed E-state index contributed by atoms with van der Waals surface area (Å²) in [5.74, 6) is 0.705. The second-order valence-electron chi connectivity index (χ2n) is 5.81. The zero-order valence-electron chi connectivity index (χ0n) is 10.2. The van der Waals surface area contributed by atoms with Crippen LogP contribution in [0.3, 0.4) is 0 Å². The molecule has 2 fully saturated rings. The molecule has 1 heterocycles. The Morgan fingerprint density at radius 3 is 2.65 bits per heavy atom. The lowest BCUT2D eigenvalue weighted by molar-refractivity contribution is 0.189. The molecule has 0 aromatic heterocycles. The summed E-state index contributed by atoms with van der Waals surface area (Å²) in [5, 5.41) is 0. The second kappa shape index (κ2) is 4.08. The summed E-state index contributed by atoms with van der Waals surface area (Å²) < 4.78 is 1.26. The Bertz CT molecular complexity index is 434. The minimum absolute atomic E-state index is 0.109. The van der Waals surface area contributed by atoms with E-state index in [1.807, 2.05) is 0 Å². The van der Waals surface area contributed by atoms with E-state index >= 15 is 0 Å². The van der Waals surface area contributed by atoms with Gasteiger partial charge in [0, 0.05) is 29.0 Å². The molecule has 3 heteroatoms. The SMILES string of the molecule is CN1CC(c2ccc(CC3(N)CC3)cc2Br)C1. The van der Waals surface area contributed by atoms with Crippen molar-refractivity contribution < 1.29 is 0 Å². The third-order valence-corrected chi connectivity index (χ3v) is 4.70. The fraction of sp³-hybridized carbons (Fsp3) is 0.571. The molecule has 1 aromatic rings. The molecule has 2 aliphatic rings. The molecule has 1 saturated carbocycles. The fourth-order valence-corrected chi connectivity index (χ4v) is 3.40. The van der Waals surface area contributed by atoms with E-state index in [0.29, 0.717) is 5.92 Å². The summed E-state index contributed by atoms with van der Waals surface area (Å²) >= 11 is 3.71. The van der Waals surface area contributed by atoms with Crippen LogP contribution in [0.4, 0.5) is 0 Å². The lowest BCUT2D eigenvalue weighted by Crippen LogP contribution is -2.41. The van der Waals surface area contributed by atoms with E-state index in [1.54, 1.807) is 0 Å². The van der Waals surface area contributed by atoms with Crippen LogP contribution < -0.4 is 5.73 Å². The molecule has 0 radical (unpaired) electrons. The van der Waals surface area contributed by atoms with Crippen LogP contribution in [-0.4, -0.2) is 30.6 Å². The van der Waals surface area contributed by atoms with Crippen LogP contribution in [0.2, 0.25) is 0 Å². The van der Waals surface area contributed by atoms with Gasteiger partial charge in [-0.05, 0) is 43.5 Å². The molecule has 3 rings (SSSR count). The smallest absolute Gasteiger partial charge is 0.0213 e. The predicted molar refractivity (Wildman–Crippen MR) is 74.2 cm³/mol. The largest absolute Gasteiger partial charge is 0.325 e. The van der Waals surface area contributed by atoms with E-state index < -0.39 is 0 Å². The van der Waals surface area contributed by atoms with Crippen molar-refractivity contribution in [2.24, 2.45) is 5.73 Å². The van der Waals surface area contributed by atoms with E-state index in [0.717, 1.165) is 6.42 Å². The van der Waals surface area contributed by atoms with E-state index in [9.17, 15) is 0 Å². The van der Waals surface area contributed by atoms with Gasteiger partial charge in [0.15, 0.2) is 0 Å². The summed E-state index contributed by atoms with van der Waals surface area (Å²) in [6.45, 7) is 2.36. The molecular weight excluding hydrogens is 276 g/mol. The monoisotopic (exact) mass is 294 g/mol. The highest BCUT2D eigenvalue weighted by atomic mass is 79.9. The summed E-state index contributed by atoms with van der Waals surface area (Å²) in [4.78, 5) is 2.35. The van der Waals surface area contributed by atoms with Crippen molar-refractivity contribution in [2.45, 2.75) is 30.7 Å². The van der Waals surface area contributed by atoms with Gasteiger partial charge >= 0.3 is 0 Å². The quantitative estimate of drug-likeness (QED) is 0.928. The normalized spacial score (nSPS) is 23.5. The van der Waals surface area contributed by atoms with E-state index in [-0.39, 0.29) is 5.54 Å². The molecule has 0 spiro atoms. The maximum absolute atomic E-state index is 6.16. The first-order valence-corrected chi connectivity index (χ1v) is 7.11. The molecule has 2 N–H and O–H groups in total. The van der Waals surface area contributed by atoms with Gasteiger partial charge in [0.1, 0.15) is 0 Å². The first kappa shape index (κ1) is 11.7. The van der Waals surface area contributed by atoms with Gasteiger partial charge in [0.2, 0.25) is 0 Å². The van der Waals surface area contributed by atoms with Crippen molar-refractivity contribution in [3.05, 3.63) is 33.8 Å². The summed E-state index contributed by atoms with van der Waals surface area (Å²) in [5.41, 5.74) is 9.09. The molecule has 92 valence electrons. The Hall–Kier alpha value is -0.380. The second-order valence-corrected chi connectivity index (χ2v) is 6.67. The lowest BCUT2D eigenvalue weighted by atomic mass is 9.91. The van der Waals surface area contributed by atoms with Crippen LogP contribution in [0, 0.1) is 0 Å². The Kier molecular flexibility index (Phi) is 2.80. The number of nitrogens with two attached hydrogens (primary N) is 1. The number of nitrogens with zero attached hydrogens (tertiary/aromatic N) is 1. The molecule has 1 saturated heterocycles. The Balaban J connectivity index is 1.74. The van der Waals surface area contributed by atoms with Gasteiger partial charge in [-0.2, -0.15) is 0 Å². The van der Waals surface area contributed by atoms with Gasteiger partial charge in [-0.3, -0.25) is 0 Å². The highest BCUT2D eigenvalue weighted by Gasteiger charge is 2.38. The summed E-state index contributed by atoms with van der Waals surface area (Å²) in [6.07, 6.45) is 3.38. The van der Waals surface area contributed by atoms with Crippen molar-refractivity contribution in [1.82, 2.24) is 4.90 Å². The zero-order chi connectivity index (χ0) is 12.0. The minimum atomic E-state index is 0.109. The number of benzene rings is 1. The zero-order valence-corrected chi connectivity index (χ0v) is 11.8. The predicted octanol–water partition coefficient (Wildman–Crippen LogP) is 2.51. The van der Waals surface area contributed by atoms with Crippen LogP contribution in [0.25, 0.3) is 0 Å². The molecular formula is C14H19BrN2. The number of rotatable bonds is 3. The highest BCUT2D eigenvalue weighted by Crippen LogP contribution is 2.37. The highest BCUT2D eigenvalue weighted by molar-refractivity contribution is 9.10. The first-order chi connectivity index (χ1) is 8.06. The van der Waals surface area contributed by atoms with E-state index in [2.05, 4.69) is 46.1 Å². The number of hydrogen-bond donors (Lipinski definition) is 1. The lowest BCUT2D eigenvalue weighted by Gasteiger charge is -2.37. The summed E-state index contributed by atoms with van der Waals surface area (Å²) in [7, 11) is 2.17. The number of likely N-dealkylation sites (N-methyl/N-ethyl adjacent to an activating group) is 1. The Labute approximate surface area is 111 Å². The van der Waals surface area contributed by atoms with Crippen LogP contribution in [0.15, 0.2) is 22.7 Å². The summed E-state index contributed by atoms with van der Waals surface area (Å²) in [6, 6.07) is 6.80. The third-order valence-electron chi connectivity index (χ3n) is 4.02. The fourth-order valence-electron chi connectivity index (χ4n) is 2.65. The molecule has 1 aromatic carbocycles. The maximum Gasteiger partial charge on any atom is 0.0213 e. The Morgan fingerprint density at radius 1 is 1.41 bits per heavy atom. The van der Waals surface area contributed by atoms with Gasteiger partial charge < -0.3 is 10.6 Å². The van der Waals surface area contributed by atoms with Crippen LogP contribution in [-0.2, 0) is 6.42 Å². The van der Waals surface area contributed by atoms with Gasteiger partial charge in [0.25, 0.3) is 0 Å². The molecule has 0 unspecified atom stereocenters. The standard InChI is InChI=1S/C14H19BrN2/c1-17-8-11(9-17)12-3-2-10(6-13(12)15)7-14(16)4-5-14/h2-3,6,11H,4-5,7-9,16H2,1H3. The Morgan fingerprint density at radius 2 is 2.12 bits per heavy atom. The van der Waals surface area contributed by atoms with Crippen molar-refractivity contribution in [1.29, 1.82) is 0 Å². The number of likely N-dealkylation sites (tertiary alicyclic amines) is 1.